The van der Waals surface area contributed by atoms with Crippen molar-refractivity contribution in [3.05, 3.63) is 51.9 Å². The van der Waals surface area contributed by atoms with Crippen LogP contribution in [0.2, 0.25) is 0 Å². The molecule has 2 aromatic heterocycles. The Bertz CT molecular complexity index is 1400. The maximum atomic E-state index is 14.5. The fraction of sp³-hybridized carbons (Fsp3) is 0.320. The fourth-order valence-electron chi connectivity index (χ4n) is 4.25. The number of thiophene rings is 1. The van der Waals surface area contributed by atoms with Crippen molar-refractivity contribution >= 4 is 55.5 Å². The number of ether oxygens (including phenoxy) is 1. The molecule has 1 atom stereocenters. The predicted octanol–water partition coefficient (Wildman–Crippen LogP) is 5.41. The first-order valence-corrected chi connectivity index (χ1v) is 12.4. The quantitative estimate of drug-likeness (QED) is 0.409. The highest BCUT2D eigenvalue weighted by atomic mass is 35.5. The third kappa shape index (κ3) is 4.87. The fourth-order valence-corrected chi connectivity index (χ4v) is 5.41. The van der Waals surface area contributed by atoms with E-state index < -0.39 is 18.6 Å². The molecule has 1 fully saturated rings. The largest absolute Gasteiger partial charge is 0.467 e. The molecule has 1 aliphatic heterocycles. The summed E-state index contributed by atoms with van der Waals surface area (Å²) >= 11 is 7.68. The van der Waals surface area contributed by atoms with Gasteiger partial charge in [-0.15, -0.1) is 11.3 Å². The lowest BCUT2D eigenvalue weighted by Crippen LogP contribution is -2.27. The lowest BCUT2D eigenvalue weighted by atomic mass is 9.99. The number of rotatable bonds is 6. The molecule has 0 saturated carbocycles. The van der Waals surface area contributed by atoms with Gasteiger partial charge in [0.05, 0.1) is 29.2 Å². The lowest BCUT2D eigenvalue weighted by Gasteiger charge is -2.24. The molecule has 1 saturated heterocycles. The zero-order valence-electron chi connectivity index (χ0n) is 19.5. The number of aliphatic hydroxyl groups is 1. The molecule has 3 N–H and O–H groups in total. The van der Waals surface area contributed by atoms with Gasteiger partial charge in [0.2, 0.25) is 0 Å². The van der Waals surface area contributed by atoms with Gasteiger partial charge in [0.15, 0.2) is 0 Å². The summed E-state index contributed by atoms with van der Waals surface area (Å²) in [5, 5.41) is 20.3. The molecule has 4 rings (SSSR count). The van der Waals surface area contributed by atoms with Crippen LogP contribution in [-0.2, 0) is 6.67 Å². The van der Waals surface area contributed by atoms with E-state index in [1.54, 1.807) is 0 Å². The van der Waals surface area contributed by atoms with E-state index in [-0.39, 0.29) is 32.0 Å². The Morgan fingerprint density at radius 3 is 2.89 bits per heavy atom. The van der Waals surface area contributed by atoms with Gasteiger partial charge in [-0.1, -0.05) is 24.2 Å². The number of nitriles is 1. The summed E-state index contributed by atoms with van der Waals surface area (Å²) in [5.74, 6) is -0.0787. The van der Waals surface area contributed by atoms with E-state index in [4.69, 9.17) is 22.1 Å². The van der Waals surface area contributed by atoms with Crippen LogP contribution in [0.4, 0.5) is 19.6 Å². The number of benzene rings is 1. The van der Waals surface area contributed by atoms with Crippen molar-refractivity contribution in [2.75, 3.05) is 30.8 Å². The van der Waals surface area contributed by atoms with Crippen molar-refractivity contribution in [2.24, 2.45) is 0 Å². The molecule has 1 aliphatic rings. The molecule has 0 bridgehead atoms. The topological polar surface area (TPSA) is 108 Å². The molecule has 0 spiro atoms. The minimum Gasteiger partial charge on any atom is -0.467 e. The predicted molar refractivity (Wildman–Crippen MR) is 139 cm³/mol. The molecule has 11 heteroatoms. The van der Waals surface area contributed by atoms with Crippen molar-refractivity contribution in [2.45, 2.75) is 32.0 Å². The second kappa shape index (κ2) is 10.8. The zero-order valence-corrected chi connectivity index (χ0v) is 21.1. The van der Waals surface area contributed by atoms with E-state index in [9.17, 15) is 19.1 Å². The number of fused-ring (bicyclic) bond motifs is 1. The summed E-state index contributed by atoms with van der Waals surface area (Å²) in [6, 6.07) is 4.79. The van der Waals surface area contributed by atoms with Gasteiger partial charge in [-0.2, -0.15) is 15.2 Å². The van der Waals surface area contributed by atoms with Gasteiger partial charge >= 0.3 is 6.01 Å². The number of hydrogen-bond acceptors (Lipinski definition) is 8. The number of alkyl halides is 1. The number of nitrogens with two attached hydrogens (primary N) is 1. The molecular weight excluding hydrogens is 508 g/mol. The number of anilines is 2. The Hall–Kier alpha value is -3.26. The van der Waals surface area contributed by atoms with Crippen LogP contribution >= 0.6 is 22.9 Å². The summed E-state index contributed by atoms with van der Waals surface area (Å²) in [6.07, 6.45) is 3.02. The van der Waals surface area contributed by atoms with Gasteiger partial charge < -0.3 is 20.5 Å². The summed E-state index contributed by atoms with van der Waals surface area (Å²) in [4.78, 5) is 10.6. The first kappa shape index (κ1) is 25.8. The molecule has 0 aliphatic carbocycles. The van der Waals surface area contributed by atoms with Gasteiger partial charge in [-0.25, -0.2) is 8.78 Å². The maximum Gasteiger partial charge on any atom is 0.318 e. The Labute approximate surface area is 216 Å². The molecule has 36 heavy (non-hydrogen) atoms. The number of aliphatic hydroxyl groups excluding tert-OH is 1. The third-order valence-electron chi connectivity index (χ3n) is 6.10. The summed E-state index contributed by atoms with van der Waals surface area (Å²) in [5.41, 5.74) is 7.27. The molecule has 0 amide bonds. The van der Waals surface area contributed by atoms with E-state index in [0.29, 0.717) is 53.8 Å². The Balaban J connectivity index is 1.84. The molecule has 3 heterocycles. The van der Waals surface area contributed by atoms with Crippen molar-refractivity contribution in [1.82, 2.24) is 9.97 Å². The van der Waals surface area contributed by atoms with Crippen molar-refractivity contribution in [3.63, 3.8) is 0 Å². The maximum absolute atomic E-state index is 14.5. The Morgan fingerprint density at radius 2 is 2.19 bits per heavy atom. The van der Waals surface area contributed by atoms with E-state index in [0.717, 1.165) is 17.8 Å². The zero-order chi connectivity index (χ0) is 26.0. The number of aromatic nitrogens is 2. The SMILES string of the molecule is C=C(/C(Cl)=C\c1c(CF)nc(OC)nc1N1CCCC(O)CC1)c1ccc(F)c2sc(N)c(C#N)c12. The molecule has 188 valence electrons. The Morgan fingerprint density at radius 1 is 1.42 bits per heavy atom. The monoisotopic (exact) mass is 531 g/mol. The van der Waals surface area contributed by atoms with Gasteiger partial charge in [-0.05, 0) is 42.5 Å². The molecule has 1 unspecified atom stereocenters. The molecule has 0 radical (unpaired) electrons. The van der Waals surface area contributed by atoms with Crippen LogP contribution in [0.15, 0.2) is 23.7 Å². The normalized spacial score (nSPS) is 16.6. The van der Waals surface area contributed by atoms with Crippen molar-refractivity contribution in [1.29, 1.82) is 5.26 Å². The van der Waals surface area contributed by atoms with E-state index in [2.05, 4.69) is 16.5 Å². The standard InChI is InChI=1S/C25H24ClF2N5O2S/c1-13(15-5-6-19(28)22-21(15)17(12-29)23(30)36-22)18(26)10-16-20(11-27)31-25(35-2)32-24(16)33-8-3-4-14(34)7-9-33/h5-6,10,14,34H,1,3-4,7-9,11,30H2,2H3/b18-10+. The summed E-state index contributed by atoms with van der Waals surface area (Å²) < 4.78 is 34.0. The molecule has 1 aromatic carbocycles. The van der Waals surface area contributed by atoms with Crippen LogP contribution in [0.25, 0.3) is 21.7 Å². The minimum absolute atomic E-state index is 0.0159. The highest BCUT2D eigenvalue weighted by Gasteiger charge is 2.24. The van der Waals surface area contributed by atoms with E-state index in [1.165, 1.54) is 25.3 Å². The molecule has 7 nitrogen and oxygen atoms in total. The smallest absolute Gasteiger partial charge is 0.318 e. The highest BCUT2D eigenvalue weighted by molar-refractivity contribution is 7.23. The van der Waals surface area contributed by atoms with Crippen LogP contribution in [0, 0.1) is 17.1 Å². The number of methoxy groups -OCH3 is 1. The summed E-state index contributed by atoms with van der Waals surface area (Å²) in [7, 11) is 1.40. The van der Waals surface area contributed by atoms with Gasteiger partial charge in [0.25, 0.3) is 0 Å². The van der Waals surface area contributed by atoms with Crippen LogP contribution in [0.5, 0.6) is 6.01 Å². The highest BCUT2D eigenvalue weighted by Crippen LogP contribution is 2.41. The first-order chi connectivity index (χ1) is 17.3. The third-order valence-corrected chi connectivity index (χ3v) is 7.47. The van der Waals surface area contributed by atoms with Gasteiger partial charge in [0, 0.05) is 29.1 Å². The number of nitrogen functional groups attached to an aromatic ring is 1. The van der Waals surface area contributed by atoms with Crippen LogP contribution in [0.1, 0.15) is 41.6 Å². The van der Waals surface area contributed by atoms with Crippen LogP contribution in [0.3, 0.4) is 0 Å². The van der Waals surface area contributed by atoms with Crippen LogP contribution < -0.4 is 15.4 Å². The molecular formula is C25H24ClF2N5O2S. The molecule has 3 aromatic rings. The van der Waals surface area contributed by atoms with E-state index in [1.807, 2.05) is 11.0 Å². The average Bonchev–Trinajstić information content (AvgIpc) is 3.07. The summed E-state index contributed by atoms with van der Waals surface area (Å²) in [6.45, 7) is 4.27. The minimum atomic E-state index is -0.898. The number of halogens is 3. The first-order valence-electron chi connectivity index (χ1n) is 11.2. The number of allylic oxidation sites excluding steroid dienone is 2. The van der Waals surface area contributed by atoms with Gasteiger partial charge in [0.1, 0.15) is 29.4 Å². The lowest BCUT2D eigenvalue weighted by molar-refractivity contribution is 0.161. The van der Waals surface area contributed by atoms with Crippen molar-refractivity contribution < 1.29 is 18.6 Å². The van der Waals surface area contributed by atoms with Crippen molar-refractivity contribution in [3.8, 4) is 12.1 Å². The Kier molecular flexibility index (Phi) is 7.73. The number of hydrogen-bond donors (Lipinski definition) is 2. The second-order valence-electron chi connectivity index (χ2n) is 8.32. The average molecular weight is 532 g/mol. The second-order valence-corrected chi connectivity index (χ2v) is 9.78. The van der Waals surface area contributed by atoms with Gasteiger partial charge in [-0.3, -0.25) is 0 Å². The number of nitrogens with zero attached hydrogens (tertiary/aromatic N) is 4. The van der Waals surface area contributed by atoms with E-state index >= 15 is 0 Å². The van der Waals surface area contributed by atoms with Crippen LogP contribution in [-0.4, -0.2) is 41.4 Å².